The van der Waals surface area contributed by atoms with E-state index < -0.39 is 0 Å². The van der Waals surface area contributed by atoms with Gasteiger partial charge in [-0.05, 0) is 6.42 Å². The summed E-state index contributed by atoms with van der Waals surface area (Å²) in [4.78, 5) is 0. The van der Waals surface area contributed by atoms with Gasteiger partial charge >= 0.3 is 0 Å². The number of ether oxygens (including phenoxy) is 1. The molecule has 0 bridgehead atoms. The third-order valence-corrected chi connectivity index (χ3v) is 1.64. The second-order valence-electron chi connectivity index (χ2n) is 2.44. The molecule has 2 nitrogen and oxygen atoms in total. The summed E-state index contributed by atoms with van der Waals surface area (Å²) >= 11 is 0. The molecule has 0 spiro atoms. The van der Waals surface area contributed by atoms with Crippen LogP contribution in [0.5, 0.6) is 0 Å². The average Bonchev–Trinajstić information content (AvgIpc) is 2.51. The van der Waals surface area contributed by atoms with Gasteiger partial charge < -0.3 is 9.84 Å². The number of epoxide rings is 1. The van der Waals surface area contributed by atoms with Crippen LogP contribution in [-0.4, -0.2) is 23.9 Å². The zero-order valence-electron chi connectivity index (χ0n) is 5.47. The molecule has 2 heteroatoms. The molecular formula is C7H12O2. The molecule has 1 atom stereocenters. The van der Waals surface area contributed by atoms with Crippen LogP contribution in [0.4, 0.5) is 0 Å². The maximum absolute atomic E-state index is 8.55. The van der Waals surface area contributed by atoms with Crippen LogP contribution >= 0.6 is 0 Å². The van der Waals surface area contributed by atoms with Crippen molar-refractivity contribution in [3.8, 4) is 0 Å². The van der Waals surface area contributed by atoms with Crippen LogP contribution in [0.3, 0.4) is 0 Å². The van der Waals surface area contributed by atoms with E-state index in [-0.39, 0.29) is 12.2 Å². The Kier molecular flexibility index (Phi) is 1.88. The maximum Gasteiger partial charge on any atom is 0.0972 e. The number of aliphatic hydroxyl groups is 1. The molecule has 0 aromatic carbocycles. The topological polar surface area (TPSA) is 32.8 Å². The van der Waals surface area contributed by atoms with Gasteiger partial charge in [-0.25, -0.2) is 0 Å². The molecule has 0 aromatic rings. The molecule has 0 unspecified atom stereocenters. The van der Waals surface area contributed by atoms with E-state index in [0.29, 0.717) is 0 Å². The van der Waals surface area contributed by atoms with E-state index in [1.165, 1.54) is 0 Å². The molecule has 1 aliphatic heterocycles. The summed E-state index contributed by atoms with van der Waals surface area (Å²) < 4.78 is 5.15. The first-order chi connectivity index (χ1) is 4.33. The maximum atomic E-state index is 8.55. The Morgan fingerprint density at radius 2 is 2.44 bits per heavy atom. The van der Waals surface area contributed by atoms with Crippen molar-refractivity contribution in [3.63, 3.8) is 0 Å². The minimum atomic E-state index is -0.0174. The second kappa shape index (κ2) is 2.50. The van der Waals surface area contributed by atoms with E-state index in [9.17, 15) is 0 Å². The van der Waals surface area contributed by atoms with Gasteiger partial charge in [0.15, 0.2) is 0 Å². The van der Waals surface area contributed by atoms with E-state index >= 15 is 0 Å². The van der Waals surface area contributed by atoms with Gasteiger partial charge in [0.1, 0.15) is 0 Å². The SMILES string of the molecule is C=CC[C@@]1(CCO)CO1. The number of hydrogen-bond acceptors (Lipinski definition) is 2. The van der Waals surface area contributed by atoms with Crippen LogP contribution in [0, 0.1) is 0 Å². The normalized spacial score (nSPS) is 32.1. The van der Waals surface area contributed by atoms with Crippen molar-refractivity contribution in [2.45, 2.75) is 18.4 Å². The first-order valence-corrected chi connectivity index (χ1v) is 3.19. The standard InChI is InChI=1S/C7H12O2/c1-2-3-7(4-5-8)6-9-7/h2,8H,1,3-6H2/t7-/m1/s1. The van der Waals surface area contributed by atoms with E-state index in [0.717, 1.165) is 19.4 Å². The van der Waals surface area contributed by atoms with E-state index in [4.69, 9.17) is 9.84 Å². The number of aliphatic hydroxyl groups excluding tert-OH is 1. The van der Waals surface area contributed by atoms with Crippen molar-refractivity contribution in [2.75, 3.05) is 13.2 Å². The van der Waals surface area contributed by atoms with Gasteiger partial charge in [-0.1, -0.05) is 6.08 Å². The minimum absolute atomic E-state index is 0.0174. The largest absolute Gasteiger partial charge is 0.396 e. The van der Waals surface area contributed by atoms with Gasteiger partial charge in [0, 0.05) is 13.0 Å². The highest BCUT2D eigenvalue weighted by atomic mass is 16.6. The van der Waals surface area contributed by atoms with Crippen LogP contribution in [-0.2, 0) is 4.74 Å². The lowest BCUT2D eigenvalue weighted by Crippen LogP contribution is -2.11. The monoisotopic (exact) mass is 128 g/mol. The molecule has 0 aliphatic carbocycles. The predicted molar refractivity (Wildman–Crippen MR) is 35.2 cm³/mol. The molecule has 1 rings (SSSR count). The lowest BCUT2D eigenvalue weighted by atomic mass is 10.0. The number of hydrogen-bond donors (Lipinski definition) is 1. The third kappa shape index (κ3) is 1.53. The predicted octanol–water partition coefficient (Wildman–Crippen LogP) is 0.714. The van der Waals surface area contributed by atoms with E-state index in [1.54, 1.807) is 0 Å². The van der Waals surface area contributed by atoms with Gasteiger partial charge in [0.05, 0.1) is 12.2 Å². The Hall–Kier alpha value is -0.340. The Labute approximate surface area is 55.1 Å². The molecule has 1 fully saturated rings. The zero-order chi connectivity index (χ0) is 6.74. The first-order valence-electron chi connectivity index (χ1n) is 3.19. The molecule has 0 saturated carbocycles. The van der Waals surface area contributed by atoms with Gasteiger partial charge in [-0.15, -0.1) is 6.58 Å². The Morgan fingerprint density at radius 3 is 2.78 bits per heavy atom. The van der Waals surface area contributed by atoms with Crippen molar-refractivity contribution in [3.05, 3.63) is 12.7 Å². The second-order valence-corrected chi connectivity index (χ2v) is 2.44. The van der Waals surface area contributed by atoms with Gasteiger partial charge in [0.2, 0.25) is 0 Å². The lowest BCUT2D eigenvalue weighted by Gasteiger charge is -2.04. The van der Waals surface area contributed by atoms with Crippen LogP contribution in [0.1, 0.15) is 12.8 Å². The fourth-order valence-electron chi connectivity index (χ4n) is 0.933. The van der Waals surface area contributed by atoms with Gasteiger partial charge in [0.25, 0.3) is 0 Å². The Morgan fingerprint density at radius 1 is 1.78 bits per heavy atom. The van der Waals surface area contributed by atoms with Gasteiger partial charge in [-0.3, -0.25) is 0 Å². The smallest absolute Gasteiger partial charge is 0.0972 e. The van der Waals surface area contributed by atoms with Crippen LogP contribution in [0.25, 0.3) is 0 Å². The fourth-order valence-corrected chi connectivity index (χ4v) is 0.933. The summed E-state index contributed by atoms with van der Waals surface area (Å²) in [5.41, 5.74) is -0.0174. The summed E-state index contributed by atoms with van der Waals surface area (Å²) in [7, 11) is 0. The number of rotatable bonds is 4. The molecule has 0 radical (unpaired) electrons. The average molecular weight is 128 g/mol. The van der Waals surface area contributed by atoms with Crippen molar-refractivity contribution in [1.82, 2.24) is 0 Å². The van der Waals surface area contributed by atoms with E-state index in [1.807, 2.05) is 6.08 Å². The molecule has 1 aliphatic rings. The Bertz CT molecular complexity index is 105. The van der Waals surface area contributed by atoms with Crippen molar-refractivity contribution in [2.24, 2.45) is 0 Å². The lowest BCUT2D eigenvalue weighted by molar-refractivity contribution is 0.214. The van der Waals surface area contributed by atoms with Crippen molar-refractivity contribution >= 4 is 0 Å². The molecule has 52 valence electrons. The van der Waals surface area contributed by atoms with Crippen LogP contribution in [0.15, 0.2) is 12.7 Å². The van der Waals surface area contributed by atoms with Crippen LogP contribution in [0.2, 0.25) is 0 Å². The van der Waals surface area contributed by atoms with E-state index in [2.05, 4.69) is 6.58 Å². The molecule has 9 heavy (non-hydrogen) atoms. The molecule has 1 saturated heterocycles. The molecule has 1 N–H and O–H groups in total. The van der Waals surface area contributed by atoms with Crippen molar-refractivity contribution in [1.29, 1.82) is 0 Å². The fraction of sp³-hybridized carbons (Fsp3) is 0.714. The highest BCUT2D eigenvalue weighted by molar-refractivity contribution is 4.96. The summed E-state index contributed by atoms with van der Waals surface area (Å²) in [5.74, 6) is 0. The third-order valence-electron chi connectivity index (χ3n) is 1.64. The van der Waals surface area contributed by atoms with Gasteiger partial charge in [-0.2, -0.15) is 0 Å². The summed E-state index contributed by atoms with van der Waals surface area (Å²) in [6.45, 7) is 4.61. The minimum Gasteiger partial charge on any atom is -0.396 e. The summed E-state index contributed by atoms with van der Waals surface area (Å²) in [5, 5.41) is 8.55. The van der Waals surface area contributed by atoms with Crippen molar-refractivity contribution < 1.29 is 9.84 Å². The summed E-state index contributed by atoms with van der Waals surface area (Å²) in [6.07, 6.45) is 3.45. The Balaban J connectivity index is 2.24. The highest BCUT2D eigenvalue weighted by Crippen LogP contribution is 2.34. The van der Waals surface area contributed by atoms with Crippen LogP contribution < -0.4 is 0 Å². The first kappa shape index (κ1) is 6.78. The molecule has 1 heterocycles. The molecule has 0 aromatic heterocycles. The quantitative estimate of drug-likeness (QED) is 0.447. The highest BCUT2D eigenvalue weighted by Gasteiger charge is 2.42. The molecular weight excluding hydrogens is 116 g/mol. The zero-order valence-corrected chi connectivity index (χ0v) is 5.47. The molecule has 0 amide bonds. The summed E-state index contributed by atoms with van der Waals surface area (Å²) in [6, 6.07) is 0.